The van der Waals surface area contributed by atoms with Gasteiger partial charge in [-0.1, -0.05) is 36.8 Å². The second-order valence-electron chi connectivity index (χ2n) is 6.57. The van der Waals surface area contributed by atoms with Gasteiger partial charge in [0.2, 0.25) is 11.8 Å². The molecule has 0 saturated heterocycles. The van der Waals surface area contributed by atoms with Gasteiger partial charge in [0, 0.05) is 18.0 Å². The lowest BCUT2D eigenvalue weighted by atomic mass is 10.1. The predicted octanol–water partition coefficient (Wildman–Crippen LogP) is 4.17. The van der Waals surface area contributed by atoms with Crippen molar-refractivity contribution in [1.29, 1.82) is 0 Å². The smallest absolute Gasteiger partial charge is 0.242 e. The van der Waals surface area contributed by atoms with Gasteiger partial charge in [-0.05, 0) is 50.1 Å². The zero-order chi connectivity index (χ0) is 20.5. The molecule has 150 valence electrons. The van der Waals surface area contributed by atoms with Gasteiger partial charge in [0.1, 0.15) is 11.9 Å². The number of carbonyl (C=O) groups is 2. The lowest BCUT2D eigenvalue weighted by Gasteiger charge is -2.30. The number of aryl methyl sites for hydroxylation is 1. The molecule has 0 fully saturated rings. The molecule has 0 spiro atoms. The van der Waals surface area contributed by atoms with Crippen LogP contribution in [0, 0.1) is 12.7 Å². The number of nitrogens with zero attached hydrogens (tertiary/aromatic N) is 1. The predicted molar refractivity (Wildman–Crippen MR) is 112 cm³/mol. The van der Waals surface area contributed by atoms with E-state index in [1.54, 1.807) is 17.0 Å². The van der Waals surface area contributed by atoms with Crippen LogP contribution in [0.1, 0.15) is 31.4 Å². The van der Waals surface area contributed by atoms with Crippen LogP contribution < -0.4 is 5.32 Å². The van der Waals surface area contributed by atoms with E-state index in [4.69, 9.17) is 0 Å². The van der Waals surface area contributed by atoms with Gasteiger partial charge in [0.25, 0.3) is 0 Å². The summed E-state index contributed by atoms with van der Waals surface area (Å²) in [6.07, 6.45) is 0.508. The third-order valence-corrected chi connectivity index (χ3v) is 5.38. The number of rotatable bonds is 9. The maximum absolute atomic E-state index is 13.2. The van der Waals surface area contributed by atoms with Crippen molar-refractivity contribution in [1.82, 2.24) is 10.2 Å². The summed E-state index contributed by atoms with van der Waals surface area (Å²) in [5, 5.41) is 2.81. The van der Waals surface area contributed by atoms with E-state index in [9.17, 15) is 14.0 Å². The van der Waals surface area contributed by atoms with Crippen molar-refractivity contribution >= 4 is 23.6 Å². The molecule has 2 aromatic rings. The van der Waals surface area contributed by atoms with E-state index in [0.717, 1.165) is 16.0 Å². The van der Waals surface area contributed by atoms with Gasteiger partial charge < -0.3 is 10.2 Å². The van der Waals surface area contributed by atoms with Crippen LogP contribution in [0.4, 0.5) is 4.39 Å². The maximum atomic E-state index is 13.2. The Morgan fingerprint density at radius 3 is 2.29 bits per heavy atom. The van der Waals surface area contributed by atoms with E-state index in [1.807, 2.05) is 45.0 Å². The van der Waals surface area contributed by atoms with Crippen molar-refractivity contribution in [2.75, 3.05) is 12.3 Å². The Labute approximate surface area is 170 Å². The van der Waals surface area contributed by atoms with Crippen molar-refractivity contribution in [2.24, 2.45) is 0 Å². The minimum atomic E-state index is -0.559. The Balaban J connectivity index is 2.16. The quantitative estimate of drug-likeness (QED) is 0.641. The van der Waals surface area contributed by atoms with Crippen molar-refractivity contribution in [3.8, 4) is 0 Å². The largest absolute Gasteiger partial charge is 0.355 e. The highest BCUT2D eigenvalue weighted by Crippen LogP contribution is 2.21. The van der Waals surface area contributed by atoms with Gasteiger partial charge in [0.05, 0.1) is 5.75 Å². The second kappa shape index (κ2) is 10.9. The molecule has 28 heavy (non-hydrogen) atoms. The van der Waals surface area contributed by atoms with Crippen molar-refractivity contribution in [3.05, 3.63) is 65.5 Å². The first-order valence-electron chi connectivity index (χ1n) is 9.45. The molecular weight excluding hydrogens is 375 g/mol. The van der Waals surface area contributed by atoms with Gasteiger partial charge in [-0.2, -0.15) is 0 Å². The Morgan fingerprint density at radius 1 is 1.07 bits per heavy atom. The van der Waals surface area contributed by atoms with E-state index in [-0.39, 0.29) is 29.9 Å². The molecule has 2 aromatic carbocycles. The summed E-state index contributed by atoms with van der Waals surface area (Å²) in [4.78, 5) is 28.1. The minimum absolute atomic E-state index is 0.118. The fourth-order valence-electron chi connectivity index (χ4n) is 2.86. The van der Waals surface area contributed by atoms with Crippen LogP contribution in [0.25, 0.3) is 0 Å². The molecule has 4 nitrogen and oxygen atoms in total. The number of hydrogen-bond acceptors (Lipinski definition) is 3. The average molecular weight is 403 g/mol. The summed E-state index contributed by atoms with van der Waals surface area (Å²) < 4.78 is 13.2. The van der Waals surface area contributed by atoms with Gasteiger partial charge in [-0.15, -0.1) is 11.8 Å². The number of benzene rings is 2. The van der Waals surface area contributed by atoms with E-state index in [0.29, 0.717) is 13.0 Å². The lowest BCUT2D eigenvalue weighted by molar-refractivity contribution is -0.139. The number of carbonyl (C=O) groups excluding carboxylic acids is 2. The Hall–Kier alpha value is -2.34. The summed E-state index contributed by atoms with van der Waals surface area (Å²) in [7, 11) is 0. The summed E-state index contributed by atoms with van der Waals surface area (Å²) in [6, 6.07) is 13.4. The van der Waals surface area contributed by atoms with Crippen LogP contribution in [0.2, 0.25) is 0 Å². The Bertz CT molecular complexity index is 778. The molecule has 0 radical (unpaired) electrons. The molecule has 0 aliphatic rings. The Morgan fingerprint density at radius 2 is 1.71 bits per heavy atom. The minimum Gasteiger partial charge on any atom is -0.355 e. The van der Waals surface area contributed by atoms with Gasteiger partial charge in [0.15, 0.2) is 0 Å². The fraction of sp³-hybridized carbons (Fsp3) is 0.364. The van der Waals surface area contributed by atoms with E-state index in [1.165, 1.54) is 23.9 Å². The molecule has 0 heterocycles. The highest BCUT2D eigenvalue weighted by molar-refractivity contribution is 8.00. The van der Waals surface area contributed by atoms with Gasteiger partial charge in [-0.25, -0.2) is 4.39 Å². The molecule has 0 aliphatic heterocycles. The maximum Gasteiger partial charge on any atom is 0.242 e. The molecule has 2 rings (SSSR count). The van der Waals surface area contributed by atoms with Crippen LogP contribution in [0.5, 0.6) is 0 Å². The van der Waals surface area contributed by atoms with Crippen LogP contribution in [0.15, 0.2) is 53.4 Å². The molecule has 0 saturated carbocycles. The number of nitrogens with one attached hydrogen (secondary N) is 1. The lowest BCUT2D eigenvalue weighted by Crippen LogP contribution is -2.49. The zero-order valence-electron chi connectivity index (χ0n) is 16.6. The molecule has 2 amide bonds. The summed E-state index contributed by atoms with van der Waals surface area (Å²) in [6.45, 7) is 6.53. The first-order valence-corrected chi connectivity index (χ1v) is 10.4. The zero-order valence-corrected chi connectivity index (χ0v) is 17.4. The summed E-state index contributed by atoms with van der Waals surface area (Å²) in [5.41, 5.74) is 1.95. The summed E-state index contributed by atoms with van der Waals surface area (Å²) in [5.74, 6) is -0.374. The number of halogens is 1. The standard InChI is InChI=1S/C22H27FN2O2S/c1-4-20(22(27)24-5-2)25(14-17-8-10-18(23)11-9-17)21(26)15-28-19-12-6-16(3)7-13-19/h6-13,20H,4-5,14-15H2,1-3H3,(H,24,27)/t20-/m0/s1. The van der Waals surface area contributed by atoms with Crippen LogP contribution in [0.3, 0.4) is 0 Å². The van der Waals surface area contributed by atoms with Crippen molar-refractivity contribution < 1.29 is 14.0 Å². The van der Waals surface area contributed by atoms with Crippen LogP contribution >= 0.6 is 11.8 Å². The molecule has 1 N–H and O–H groups in total. The molecule has 1 atom stereocenters. The number of thioether (sulfide) groups is 1. The van der Waals surface area contributed by atoms with Crippen molar-refractivity contribution in [2.45, 2.75) is 44.7 Å². The van der Waals surface area contributed by atoms with Crippen molar-refractivity contribution in [3.63, 3.8) is 0 Å². The Kier molecular flexibility index (Phi) is 8.51. The van der Waals surface area contributed by atoms with Gasteiger partial charge in [-0.3, -0.25) is 9.59 Å². The first-order chi connectivity index (χ1) is 13.4. The molecular formula is C22H27FN2O2S. The third-order valence-electron chi connectivity index (χ3n) is 4.39. The highest BCUT2D eigenvalue weighted by Gasteiger charge is 2.28. The molecule has 6 heteroatoms. The third kappa shape index (κ3) is 6.37. The van der Waals surface area contributed by atoms with E-state index in [2.05, 4.69) is 5.32 Å². The molecule has 0 bridgehead atoms. The SMILES string of the molecule is CCNC(=O)[C@H](CC)N(Cc1ccc(F)cc1)C(=O)CSc1ccc(C)cc1. The monoisotopic (exact) mass is 402 g/mol. The average Bonchev–Trinajstić information content (AvgIpc) is 2.69. The number of amides is 2. The summed E-state index contributed by atoms with van der Waals surface area (Å²) >= 11 is 1.45. The number of likely N-dealkylation sites (N-methyl/N-ethyl adjacent to an activating group) is 1. The topological polar surface area (TPSA) is 49.4 Å². The van der Waals surface area contributed by atoms with Crippen LogP contribution in [-0.2, 0) is 16.1 Å². The highest BCUT2D eigenvalue weighted by atomic mass is 32.2. The fourth-order valence-corrected chi connectivity index (χ4v) is 3.65. The van der Waals surface area contributed by atoms with E-state index >= 15 is 0 Å². The molecule has 0 aliphatic carbocycles. The molecule has 0 aromatic heterocycles. The second-order valence-corrected chi connectivity index (χ2v) is 7.62. The van der Waals surface area contributed by atoms with Gasteiger partial charge >= 0.3 is 0 Å². The normalized spacial score (nSPS) is 11.7. The number of hydrogen-bond donors (Lipinski definition) is 1. The first kappa shape index (κ1) is 22.0. The van der Waals surface area contributed by atoms with E-state index < -0.39 is 6.04 Å². The molecule has 0 unspecified atom stereocenters. The van der Waals surface area contributed by atoms with Crippen LogP contribution in [-0.4, -0.2) is 35.1 Å².